The van der Waals surface area contributed by atoms with E-state index in [4.69, 9.17) is 5.11 Å². The highest BCUT2D eigenvalue weighted by atomic mass is 16.5. The van der Waals surface area contributed by atoms with Crippen molar-refractivity contribution in [2.75, 3.05) is 7.11 Å². The highest BCUT2D eigenvalue weighted by Crippen LogP contribution is 2.22. The fourth-order valence-corrected chi connectivity index (χ4v) is 1.43. The average Bonchev–Trinajstić information content (AvgIpc) is 2.63. The summed E-state index contributed by atoms with van der Waals surface area (Å²) < 4.78 is 6.10. The van der Waals surface area contributed by atoms with Crippen LogP contribution in [0.1, 0.15) is 24.5 Å². The Morgan fingerprint density at radius 2 is 2.25 bits per heavy atom. The molecule has 0 amide bonds. The first kappa shape index (κ1) is 12.2. The third-order valence-electron chi connectivity index (χ3n) is 2.21. The largest absolute Gasteiger partial charge is 0.481 e. The van der Waals surface area contributed by atoms with E-state index >= 15 is 0 Å². The number of hydrogen-bond acceptors (Lipinski definition) is 4. The predicted octanol–water partition coefficient (Wildman–Crippen LogP) is 0.541. The summed E-state index contributed by atoms with van der Waals surface area (Å²) >= 11 is 0. The van der Waals surface area contributed by atoms with Crippen LogP contribution in [0.3, 0.4) is 0 Å². The highest BCUT2D eigenvalue weighted by molar-refractivity contribution is 5.73. The first-order valence-corrected chi connectivity index (χ1v) is 4.81. The van der Waals surface area contributed by atoms with Crippen molar-refractivity contribution in [2.45, 2.75) is 18.8 Å². The molecule has 0 fully saturated rings. The Balaban J connectivity index is 2.78. The maximum absolute atomic E-state index is 11.1. The van der Waals surface area contributed by atoms with Crippen LogP contribution in [-0.2, 0) is 21.4 Å². The Labute approximate surface area is 92.8 Å². The SMILES string of the molecule is COC(=O)CC(CC(=O)O)c1ccn(C)n1. The van der Waals surface area contributed by atoms with E-state index in [2.05, 4.69) is 9.84 Å². The zero-order chi connectivity index (χ0) is 12.1. The lowest BCUT2D eigenvalue weighted by Gasteiger charge is -2.10. The van der Waals surface area contributed by atoms with Gasteiger partial charge in [0.1, 0.15) is 0 Å². The second-order valence-corrected chi connectivity index (χ2v) is 3.49. The van der Waals surface area contributed by atoms with E-state index in [9.17, 15) is 9.59 Å². The van der Waals surface area contributed by atoms with Gasteiger partial charge in [-0.05, 0) is 6.07 Å². The molecule has 0 bridgehead atoms. The molecule has 0 saturated heterocycles. The second kappa shape index (κ2) is 5.29. The number of carboxylic acid groups (broad SMARTS) is 1. The summed E-state index contributed by atoms with van der Waals surface area (Å²) in [7, 11) is 3.01. The number of esters is 1. The lowest BCUT2D eigenvalue weighted by molar-refractivity contribution is -0.141. The Morgan fingerprint density at radius 3 is 2.69 bits per heavy atom. The van der Waals surface area contributed by atoms with Gasteiger partial charge in [0.25, 0.3) is 0 Å². The Hall–Kier alpha value is -1.85. The van der Waals surface area contributed by atoms with Crippen molar-refractivity contribution in [3.63, 3.8) is 0 Å². The number of ether oxygens (including phenoxy) is 1. The van der Waals surface area contributed by atoms with Gasteiger partial charge in [-0.15, -0.1) is 0 Å². The van der Waals surface area contributed by atoms with Gasteiger partial charge in [-0.2, -0.15) is 5.10 Å². The van der Waals surface area contributed by atoms with E-state index in [1.807, 2.05) is 0 Å². The maximum Gasteiger partial charge on any atom is 0.306 e. The number of hydrogen-bond donors (Lipinski definition) is 1. The minimum Gasteiger partial charge on any atom is -0.481 e. The van der Waals surface area contributed by atoms with Gasteiger partial charge in [0.15, 0.2) is 0 Å². The zero-order valence-electron chi connectivity index (χ0n) is 9.21. The number of aryl methyl sites for hydroxylation is 1. The quantitative estimate of drug-likeness (QED) is 0.741. The first-order valence-electron chi connectivity index (χ1n) is 4.81. The molecular weight excluding hydrogens is 212 g/mol. The summed E-state index contributed by atoms with van der Waals surface area (Å²) in [6.07, 6.45) is 1.60. The van der Waals surface area contributed by atoms with Gasteiger partial charge in [0.2, 0.25) is 0 Å². The number of carbonyl (C=O) groups excluding carboxylic acids is 1. The molecule has 0 aliphatic heterocycles. The summed E-state index contributed by atoms with van der Waals surface area (Å²) in [5.74, 6) is -1.83. The molecule has 1 rings (SSSR count). The zero-order valence-corrected chi connectivity index (χ0v) is 9.21. The highest BCUT2D eigenvalue weighted by Gasteiger charge is 2.21. The summed E-state index contributed by atoms with van der Waals surface area (Å²) in [5, 5.41) is 12.8. The molecule has 88 valence electrons. The van der Waals surface area contributed by atoms with Crippen LogP contribution in [0.15, 0.2) is 12.3 Å². The standard InChI is InChI=1S/C10H14N2O4/c1-12-4-3-8(11-12)7(5-9(13)14)6-10(15)16-2/h3-4,7H,5-6H2,1-2H3,(H,13,14). The van der Waals surface area contributed by atoms with E-state index in [0.29, 0.717) is 5.69 Å². The third-order valence-corrected chi connectivity index (χ3v) is 2.21. The number of aromatic nitrogens is 2. The minimum atomic E-state index is -0.959. The van der Waals surface area contributed by atoms with Crippen molar-refractivity contribution in [3.05, 3.63) is 18.0 Å². The number of nitrogens with zero attached hydrogens (tertiary/aromatic N) is 2. The molecule has 0 spiro atoms. The molecule has 1 N–H and O–H groups in total. The van der Waals surface area contributed by atoms with Crippen molar-refractivity contribution < 1.29 is 19.4 Å². The summed E-state index contributed by atoms with van der Waals surface area (Å²) in [5.41, 5.74) is 0.593. The van der Waals surface area contributed by atoms with Crippen LogP contribution < -0.4 is 0 Å². The van der Waals surface area contributed by atoms with Crippen molar-refractivity contribution in [1.29, 1.82) is 0 Å². The van der Waals surface area contributed by atoms with Crippen molar-refractivity contribution in [3.8, 4) is 0 Å². The Bertz CT molecular complexity index is 386. The molecule has 0 aliphatic carbocycles. The van der Waals surface area contributed by atoms with Gasteiger partial charge in [-0.25, -0.2) is 0 Å². The average molecular weight is 226 g/mol. The normalized spacial score (nSPS) is 12.1. The first-order chi connectivity index (χ1) is 7.52. The topological polar surface area (TPSA) is 81.4 Å². The van der Waals surface area contributed by atoms with Gasteiger partial charge < -0.3 is 9.84 Å². The summed E-state index contributed by atoms with van der Waals surface area (Å²) in [6.45, 7) is 0. The second-order valence-electron chi connectivity index (χ2n) is 3.49. The fraction of sp³-hybridized carbons (Fsp3) is 0.500. The number of carboxylic acids is 1. The van der Waals surface area contributed by atoms with E-state index in [0.717, 1.165) is 0 Å². The lowest BCUT2D eigenvalue weighted by atomic mass is 9.98. The molecule has 16 heavy (non-hydrogen) atoms. The van der Waals surface area contributed by atoms with Crippen molar-refractivity contribution in [1.82, 2.24) is 9.78 Å². The Kier molecular flexibility index (Phi) is 4.04. The molecule has 0 aromatic carbocycles. The van der Waals surface area contributed by atoms with Gasteiger partial charge in [-0.3, -0.25) is 14.3 Å². The van der Waals surface area contributed by atoms with Crippen LogP contribution >= 0.6 is 0 Å². The molecule has 0 aliphatic rings. The van der Waals surface area contributed by atoms with Crippen LogP contribution in [0.25, 0.3) is 0 Å². The van der Waals surface area contributed by atoms with Gasteiger partial charge in [0, 0.05) is 19.2 Å². The molecular formula is C10H14N2O4. The van der Waals surface area contributed by atoms with E-state index in [-0.39, 0.29) is 12.8 Å². The van der Waals surface area contributed by atoms with Crippen molar-refractivity contribution in [2.24, 2.45) is 7.05 Å². The minimum absolute atomic E-state index is 0.0276. The molecule has 0 saturated carbocycles. The third kappa shape index (κ3) is 3.38. The Morgan fingerprint density at radius 1 is 1.56 bits per heavy atom. The maximum atomic E-state index is 11.1. The monoisotopic (exact) mass is 226 g/mol. The number of methoxy groups -OCH3 is 1. The number of rotatable bonds is 5. The van der Waals surface area contributed by atoms with Crippen molar-refractivity contribution >= 4 is 11.9 Å². The summed E-state index contributed by atoms with van der Waals surface area (Å²) in [6, 6.07) is 1.70. The molecule has 1 aromatic heterocycles. The summed E-state index contributed by atoms with van der Waals surface area (Å²) in [4.78, 5) is 21.8. The molecule has 1 atom stereocenters. The van der Waals surface area contributed by atoms with Gasteiger partial charge >= 0.3 is 11.9 Å². The van der Waals surface area contributed by atoms with Crippen LogP contribution in [0.2, 0.25) is 0 Å². The lowest BCUT2D eigenvalue weighted by Crippen LogP contribution is -2.13. The molecule has 1 heterocycles. The molecule has 1 aromatic rings. The van der Waals surface area contributed by atoms with Crippen LogP contribution in [0.5, 0.6) is 0 Å². The molecule has 0 radical (unpaired) electrons. The van der Waals surface area contributed by atoms with E-state index in [1.54, 1.807) is 24.0 Å². The van der Waals surface area contributed by atoms with E-state index < -0.39 is 17.9 Å². The number of aliphatic carboxylic acids is 1. The fourth-order valence-electron chi connectivity index (χ4n) is 1.43. The van der Waals surface area contributed by atoms with E-state index in [1.165, 1.54) is 7.11 Å². The molecule has 6 heteroatoms. The predicted molar refractivity (Wildman–Crippen MR) is 54.8 cm³/mol. The smallest absolute Gasteiger partial charge is 0.306 e. The van der Waals surface area contributed by atoms with Gasteiger partial charge in [0.05, 0.1) is 25.6 Å². The molecule has 6 nitrogen and oxygen atoms in total. The van der Waals surface area contributed by atoms with Crippen LogP contribution in [0, 0.1) is 0 Å². The number of carbonyl (C=O) groups is 2. The molecule has 1 unspecified atom stereocenters. The van der Waals surface area contributed by atoms with Crippen LogP contribution in [-0.4, -0.2) is 33.9 Å². The van der Waals surface area contributed by atoms with Crippen LogP contribution in [0.4, 0.5) is 0 Å². The van der Waals surface area contributed by atoms with Gasteiger partial charge in [-0.1, -0.05) is 0 Å².